The second-order valence-corrected chi connectivity index (χ2v) is 5.33. The quantitative estimate of drug-likeness (QED) is 0.875. The zero-order valence-electron chi connectivity index (χ0n) is 11.3. The molecular weight excluding hydrogens is 232 g/mol. The van der Waals surface area contributed by atoms with Crippen molar-refractivity contribution >= 4 is 0 Å². The van der Waals surface area contributed by atoms with E-state index in [1.165, 1.54) is 24.0 Å². The van der Waals surface area contributed by atoms with Crippen molar-refractivity contribution in [1.29, 1.82) is 0 Å². The van der Waals surface area contributed by atoms with Gasteiger partial charge in [-0.25, -0.2) is 0 Å². The molecule has 1 aromatic carbocycles. The van der Waals surface area contributed by atoms with E-state index in [2.05, 4.69) is 47.6 Å². The highest BCUT2D eigenvalue weighted by Crippen LogP contribution is 2.41. The number of hydrogen-bond donors (Lipinski definition) is 1. The maximum absolute atomic E-state index is 4.40. The maximum atomic E-state index is 4.40. The molecule has 98 valence electrons. The molecule has 0 radical (unpaired) electrons. The molecule has 1 heterocycles. The van der Waals surface area contributed by atoms with Crippen molar-refractivity contribution in [2.45, 2.75) is 38.3 Å². The molecule has 0 unspecified atom stereocenters. The molecule has 2 nitrogen and oxygen atoms in total. The lowest BCUT2D eigenvalue weighted by Crippen LogP contribution is -2.19. The Morgan fingerprint density at radius 1 is 1.16 bits per heavy atom. The maximum Gasteiger partial charge on any atom is 0.0570 e. The van der Waals surface area contributed by atoms with Gasteiger partial charge < -0.3 is 5.32 Å². The van der Waals surface area contributed by atoms with Crippen LogP contribution in [0.4, 0.5) is 0 Å². The van der Waals surface area contributed by atoms with Crippen LogP contribution >= 0.6 is 0 Å². The molecule has 2 aromatic rings. The van der Waals surface area contributed by atoms with Gasteiger partial charge >= 0.3 is 0 Å². The highest BCUT2D eigenvalue weighted by molar-refractivity contribution is 5.33. The Morgan fingerprint density at radius 2 is 1.95 bits per heavy atom. The first-order chi connectivity index (χ1) is 9.34. The molecule has 1 atom stereocenters. The van der Waals surface area contributed by atoms with E-state index in [0.29, 0.717) is 0 Å². The minimum Gasteiger partial charge on any atom is -0.305 e. The Morgan fingerprint density at radius 3 is 2.68 bits per heavy atom. The molecule has 0 saturated heterocycles. The lowest BCUT2D eigenvalue weighted by Gasteiger charge is -2.15. The second kappa shape index (κ2) is 5.54. The zero-order chi connectivity index (χ0) is 13.1. The van der Waals surface area contributed by atoms with Crippen molar-refractivity contribution in [3.8, 4) is 0 Å². The predicted octanol–water partition coefficient (Wildman–Crippen LogP) is 3.81. The van der Waals surface area contributed by atoms with Gasteiger partial charge in [0.15, 0.2) is 0 Å². The first kappa shape index (κ1) is 12.4. The molecule has 1 N–H and O–H groups in total. The molecule has 0 aliphatic heterocycles. The van der Waals surface area contributed by atoms with Crippen LogP contribution in [0.3, 0.4) is 0 Å². The van der Waals surface area contributed by atoms with E-state index in [-0.39, 0.29) is 6.04 Å². The number of rotatable bonds is 5. The Hall–Kier alpha value is -1.67. The highest BCUT2D eigenvalue weighted by atomic mass is 14.9. The molecule has 3 rings (SSSR count). The molecule has 19 heavy (non-hydrogen) atoms. The monoisotopic (exact) mass is 252 g/mol. The summed E-state index contributed by atoms with van der Waals surface area (Å²) < 4.78 is 0. The van der Waals surface area contributed by atoms with E-state index in [1.807, 2.05) is 18.3 Å². The van der Waals surface area contributed by atoms with E-state index >= 15 is 0 Å². The van der Waals surface area contributed by atoms with Gasteiger partial charge in [0, 0.05) is 18.8 Å². The SMILES string of the molecule is C[C@H](NCc1ccccc1C1CC1)c1ccccn1. The minimum absolute atomic E-state index is 0.286. The Balaban J connectivity index is 1.66. The molecule has 1 saturated carbocycles. The summed E-state index contributed by atoms with van der Waals surface area (Å²) in [5, 5.41) is 3.58. The summed E-state index contributed by atoms with van der Waals surface area (Å²) in [6.45, 7) is 3.09. The summed E-state index contributed by atoms with van der Waals surface area (Å²) in [5.74, 6) is 0.808. The van der Waals surface area contributed by atoms with Gasteiger partial charge in [0.25, 0.3) is 0 Å². The van der Waals surface area contributed by atoms with Gasteiger partial charge in [-0.15, -0.1) is 0 Å². The Bertz CT molecular complexity index is 532. The first-order valence-electron chi connectivity index (χ1n) is 7.06. The van der Waals surface area contributed by atoms with E-state index in [9.17, 15) is 0 Å². The lowest BCUT2D eigenvalue weighted by atomic mass is 10.0. The third-order valence-corrected chi connectivity index (χ3v) is 3.80. The summed E-state index contributed by atoms with van der Waals surface area (Å²) in [5.41, 5.74) is 4.07. The lowest BCUT2D eigenvalue weighted by molar-refractivity contribution is 0.559. The van der Waals surface area contributed by atoms with Crippen LogP contribution in [0.25, 0.3) is 0 Å². The van der Waals surface area contributed by atoms with Crippen molar-refractivity contribution in [3.63, 3.8) is 0 Å². The van der Waals surface area contributed by atoms with Crippen LogP contribution in [-0.4, -0.2) is 4.98 Å². The molecule has 1 aliphatic rings. The Kier molecular flexibility index (Phi) is 3.60. The van der Waals surface area contributed by atoms with Crippen molar-refractivity contribution in [2.75, 3.05) is 0 Å². The zero-order valence-corrected chi connectivity index (χ0v) is 11.3. The Labute approximate surface area is 114 Å². The van der Waals surface area contributed by atoms with Crippen molar-refractivity contribution in [3.05, 3.63) is 65.5 Å². The average Bonchev–Trinajstić information content (AvgIpc) is 3.30. The van der Waals surface area contributed by atoms with Crippen LogP contribution in [0.15, 0.2) is 48.7 Å². The number of nitrogens with one attached hydrogen (secondary N) is 1. The summed E-state index contributed by atoms with van der Waals surface area (Å²) in [6, 6.07) is 15.2. The normalized spacial score (nSPS) is 16.3. The molecule has 0 amide bonds. The van der Waals surface area contributed by atoms with Crippen molar-refractivity contribution < 1.29 is 0 Å². The predicted molar refractivity (Wildman–Crippen MR) is 77.9 cm³/mol. The molecule has 0 bridgehead atoms. The summed E-state index contributed by atoms with van der Waals surface area (Å²) >= 11 is 0. The number of pyridine rings is 1. The highest BCUT2D eigenvalue weighted by Gasteiger charge is 2.25. The second-order valence-electron chi connectivity index (χ2n) is 5.33. The molecule has 2 heteroatoms. The van der Waals surface area contributed by atoms with E-state index < -0.39 is 0 Å². The van der Waals surface area contributed by atoms with Crippen LogP contribution in [0.5, 0.6) is 0 Å². The summed E-state index contributed by atoms with van der Waals surface area (Å²) in [6.07, 6.45) is 4.56. The fourth-order valence-corrected chi connectivity index (χ4v) is 2.49. The molecule has 1 fully saturated rings. The van der Waals surface area contributed by atoms with E-state index in [1.54, 1.807) is 0 Å². The van der Waals surface area contributed by atoms with Crippen molar-refractivity contribution in [1.82, 2.24) is 10.3 Å². The van der Waals surface area contributed by atoms with Gasteiger partial charge in [0.2, 0.25) is 0 Å². The molecule has 1 aliphatic carbocycles. The number of aromatic nitrogens is 1. The van der Waals surface area contributed by atoms with Gasteiger partial charge in [-0.1, -0.05) is 30.3 Å². The van der Waals surface area contributed by atoms with Crippen LogP contribution in [0, 0.1) is 0 Å². The third-order valence-electron chi connectivity index (χ3n) is 3.80. The summed E-state index contributed by atoms with van der Waals surface area (Å²) in [7, 11) is 0. The number of nitrogens with zero attached hydrogens (tertiary/aromatic N) is 1. The summed E-state index contributed by atoms with van der Waals surface area (Å²) in [4.78, 5) is 4.40. The smallest absolute Gasteiger partial charge is 0.0570 e. The van der Waals surface area contributed by atoms with Crippen LogP contribution < -0.4 is 5.32 Å². The minimum atomic E-state index is 0.286. The van der Waals surface area contributed by atoms with Gasteiger partial charge in [-0.2, -0.15) is 0 Å². The largest absolute Gasteiger partial charge is 0.305 e. The van der Waals surface area contributed by atoms with E-state index in [0.717, 1.165) is 18.2 Å². The van der Waals surface area contributed by atoms with Crippen LogP contribution in [0.1, 0.15) is 48.5 Å². The van der Waals surface area contributed by atoms with E-state index in [4.69, 9.17) is 0 Å². The third kappa shape index (κ3) is 3.02. The molecular formula is C17H20N2. The number of hydrogen-bond acceptors (Lipinski definition) is 2. The first-order valence-corrected chi connectivity index (χ1v) is 7.06. The van der Waals surface area contributed by atoms with Gasteiger partial charge in [-0.05, 0) is 48.9 Å². The van der Waals surface area contributed by atoms with Crippen molar-refractivity contribution in [2.24, 2.45) is 0 Å². The van der Waals surface area contributed by atoms with Gasteiger partial charge in [0.1, 0.15) is 0 Å². The van der Waals surface area contributed by atoms with Crippen LogP contribution in [-0.2, 0) is 6.54 Å². The fourth-order valence-electron chi connectivity index (χ4n) is 2.49. The fraction of sp³-hybridized carbons (Fsp3) is 0.353. The number of benzene rings is 1. The van der Waals surface area contributed by atoms with Crippen LogP contribution in [0.2, 0.25) is 0 Å². The average molecular weight is 252 g/mol. The topological polar surface area (TPSA) is 24.9 Å². The van der Waals surface area contributed by atoms with Gasteiger partial charge in [-0.3, -0.25) is 4.98 Å². The standard InChI is InChI=1S/C17H20N2/c1-13(17-8-4-5-11-18-17)19-12-15-6-2-3-7-16(15)14-9-10-14/h2-8,11,13-14,19H,9-10,12H2,1H3/t13-/m0/s1. The molecule has 0 spiro atoms. The van der Waals surface area contributed by atoms with Gasteiger partial charge in [0.05, 0.1) is 5.69 Å². The molecule has 1 aromatic heterocycles.